The molecule has 1 aliphatic rings. The number of methoxy groups -OCH3 is 1. The van der Waals surface area contributed by atoms with Gasteiger partial charge in [-0.25, -0.2) is 0 Å². The van der Waals surface area contributed by atoms with Gasteiger partial charge in [-0.15, -0.1) is 10.2 Å². The first kappa shape index (κ1) is 20.8. The van der Waals surface area contributed by atoms with Crippen LogP contribution in [0.2, 0.25) is 0 Å². The average molecular weight is 498 g/mol. The van der Waals surface area contributed by atoms with E-state index in [2.05, 4.69) is 36.3 Å². The van der Waals surface area contributed by atoms with Crippen LogP contribution in [0.15, 0.2) is 28.8 Å². The van der Waals surface area contributed by atoms with E-state index in [1.54, 1.807) is 25.1 Å². The van der Waals surface area contributed by atoms with Crippen molar-refractivity contribution in [1.29, 1.82) is 0 Å². The molecule has 1 fully saturated rings. The van der Waals surface area contributed by atoms with Crippen LogP contribution in [0, 0.1) is 5.92 Å². The lowest BCUT2D eigenvalue weighted by Gasteiger charge is -2.16. The predicted molar refractivity (Wildman–Crippen MR) is 129 cm³/mol. The summed E-state index contributed by atoms with van der Waals surface area (Å²) in [5.41, 5.74) is 0.458. The van der Waals surface area contributed by atoms with Gasteiger partial charge in [0.1, 0.15) is 0 Å². The topological polar surface area (TPSA) is 173 Å². The van der Waals surface area contributed by atoms with Crippen molar-refractivity contribution in [2.75, 3.05) is 24.7 Å². The fraction of sp³-hybridized carbons (Fsp3) is 0.348. The number of carbonyl (C=O) groups excluding carboxylic acids is 3. The Morgan fingerprint density at radius 1 is 1.22 bits per heavy atom. The van der Waals surface area contributed by atoms with E-state index >= 15 is 0 Å². The van der Waals surface area contributed by atoms with Gasteiger partial charge in [0, 0.05) is 30.0 Å². The third-order valence-corrected chi connectivity index (χ3v) is 5.29. The number of rotatable bonds is 9. The number of ether oxygens (including phenoxy) is 1. The zero-order chi connectivity index (χ0) is 28.3. The standard InChI is InChI=1S/C23H26N8O5/c1-11(25-12(2)32)20-28-23(36-31-20)14-6-5-7-15(19(14)35-4)26-16-10-17(27-21(33)13-8-9-13)29-30-18(16)22(34)24-3/h5-7,10-11,13H,8-9H2,1-4H3,(H,24,34)(H,25,32)(H2,26,27,29,33)/t11-/m1/s1/i3D3. The Labute approximate surface area is 210 Å². The molecular weight excluding hydrogens is 468 g/mol. The summed E-state index contributed by atoms with van der Waals surface area (Å²) in [7, 11) is 1.41. The van der Waals surface area contributed by atoms with E-state index in [0.29, 0.717) is 11.3 Å². The molecule has 0 radical (unpaired) electrons. The lowest BCUT2D eigenvalue weighted by molar-refractivity contribution is -0.119. The van der Waals surface area contributed by atoms with Crippen LogP contribution in [0.25, 0.3) is 11.5 Å². The summed E-state index contributed by atoms with van der Waals surface area (Å²) < 4.78 is 33.1. The molecule has 2 aromatic heterocycles. The normalized spacial score (nSPS) is 15.0. The molecule has 13 heteroatoms. The molecule has 0 bridgehead atoms. The molecule has 1 aromatic carbocycles. The van der Waals surface area contributed by atoms with Gasteiger partial charge in [0.25, 0.3) is 11.8 Å². The maximum atomic E-state index is 12.7. The molecular formula is C23H26N8O5. The van der Waals surface area contributed by atoms with Gasteiger partial charge in [0.15, 0.2) is 23.1 Å². The Bertz CT molecular complexity index is 1410. The van der Waals surface area contributed by atoms with Crippen molar-refractivity contribution < 1.29 is 27.8 Å². The number of anilines is 3. The lowest BCUT2D eigenvalue weighted by Crippen LogP contribution is -2.24. The number of benzene rings is 1. The van der Waals surface area contributed by atoms with Gasteiger partial charge in [-0.1, -0.05) is 11.2 Å². The Morgan fingerprint density at radius 3 is 2.72 bits per heavy atom. The highest BCUT2D eigenvalue weighted by Gasteiger charge is 2.30. The molecule has 0 aliphatic heterocycles. The Kier molecular flexibility index (Phi) is 5.99. The lowest BCUT2D eigenvalue weighted by atomic mass is 10.1. The number of carbonyl (C=O) groups is 3. The van der Waals surface area contributed by atoms with Crippen LogP contribution in [0.4, 0.5) is 17.2 Å². The second kappa shape index (κ2) is 10.4. The van der Waals surface area contributed by atoms with E-state index in [0.717, 1.165) is 12.8 Å². The largest absolute Gasteiger partial charge is 0.494 e. The molecule has 36 heavy (non-hydrogen) atoms. The van der Waals surface area contributed by atoms with Gasteiger partial charge < -0.3 is 30.5 Å². The van der Waals surface area contributed by atoms with Crippen molar-refractivity contribution in [3.63, 3.8) is 0 Å². The molecule has 0 saturated heterocycles. The van der Waals surface area contributed by atoms with Crippen molar-refractivity contribution in [3.8, 4) is 17.2 Å². The smallest absolute Gasteiger partial charge is 0.273 e. The van der Waals surface area contributed by atoms with Crippen molar-refractivity contribution >= 4 is 34.9 Å². The van der Waals surface area contributed by atoms with Crippen molar-refractivity contribution in [2.24, 2.45) is 5.92 Å². The van der Waals surface area contributed by atoms with E-state index in [1.165, 1.54) is 20.1 Å². The molecule has 0 unspecified atom stereocenters. The second-order valence-electron chi connectivity index (χ2n) is 8.10. The summed E-state index contributed by atoms with van der Waals surface area (Å²) in [6.07, 6.45) is 1.54. The minimum absolute atomic E-state index is 0.0544. The van der Waals surface area contributed by atoms with Gasteiger partial charge in [-0.3, -0.25) is 14.4 Å². The van der Waals surface area contributed by atoms with Crippen LogP contribution >= 0.6 is 0 Å². The fourth-order valence-corrected chi connectivity index (χ4v) is 3.41. The molecule has 1 aliphatic carbocycles. The third kappa shape index (κ3) is 5.40. The van der Waals surface area contributed by atoms with Crippen molar-refractivity contribution in [1.82, 2.24) is 31.0 Å². The first-order valence-corrected chi connectivity index (χ1v) is 11.0. The summed E-state index contributed by atoms with van der Waals surface area (Å²) in [5.74, 6) is -0.914. The van der Waals surface area contributed by atoms with Gasteiger partial charge in [-0.05, 0) is 31.9 Å². The maximum Gasteiger partial charge on any atom is 0.273 e. The molecule has 1 saturated carbocycles. The molecule has 13 nitrogen and oxygen atoms in total. The first-order valence-electron chi connectivity index (χ1n) is 12.5. The van der Waals surface area contributed by atoms with Gasteiger partial charge in [-0.2, -0.15) is 4.98 Å². The SMILES string of the molecule is [2H]C([2H])([2H])NC(=O)c1nnc(NC(=O)C2CC2)cc1Nc1cccc(-c2nc([C@@H](C)NC(C)=O)no2)c1OC. The summed E-state index contributed by atoms with van der Waals surface area (Å²) in [5, 5.41) is 21.9. The number of nitrogens with zero attached hydrogens (tertiary/aromatic N) is 4. The molecule has 4 N–H and O–H groups in total. The van der Waals surface area contributed by atoms with E-state index in [-0.39, 0.29) is 52.4 Å². The number of aromatic nitrogens is 4. The molecule has 3 aromatic rings. The zero-order valence-electron chi connectivity index (χ0n) is 22.7. The summed E-state index contributed by atoms with van der Waals surface area (Å²) in [6, 6.07) is 5.83. The van der Waals surface area contributed by atoms with Crippen molar-refractivity contribution in [2.45, 2.75) is 32.7 Å². The number of para-hydroxylation sites is 1. The number of amides is 3. The van der Waals surface area contributed by atoms with Crippen LogP contribution in [-0.2, 0) is 9.59 Å². The summed E-state index contributed by atoms with van der Waals surface area (Å²) in [4.78, 5) is 40.7. The monoisotopic (exact) mass is 497 g/mol. The minimum atomic E-state index is -2.77. The van der Waals surface area contributed by atoms with Gasteiger partial charge >= 0.3 is 0 Å². The number of hydrogen-bond acceptors (Lipinski definition) is 10. The third-order valence-electron chi connectivity index (χ3n) is 5.29. The highest BCUT2D eigenvalue weighted by molar-refractivity contribution is 6.00. The maximum absolute atomic E-state index is 12.7. The highest BCUT2D eigenvalue weighted by Crippen LogP contribution is 2.38. The van der Waals surface area contributed by atoms with Gasteiger partial charge in [0.2, 0.25) is 11.8 Å². The zero-order valence-corrected chi connectivity index (χ0v) is 19.7. The van der Waals surface area contributed by atoms with Crippen LogP contribution in [0.5, 0.6) is 5.75 Å². The number of hydrogen-bond donors (Lipinski definition) is 4. The molecule has 3 amide bonds. The molecule has 188 valence electrons. The van der Waals surface area contributed by atoms with Gasteiger partial charge in [0.05, 0.1) is 30.1 Å². The van der Waals surface area contributed by atoms with Crippen LogP contribution in [0.3, 0.4) is 0 Å². The van der Waals surface area contributed by atoms with Crippen LogP contribution in [0.1, 0.15) is 53.2 Å². The minimum Gasteiger partial charge on any atom is -0.494 e. The van der Waals surface area contributed by atoms with E-state index in [1.807, 2.05) is 5.32 Å². The van der Waals surface area contributed by atoms with E-state index < -0.39 is 18.9 Å². The molecule has 1 atom stereocenters. The molecule has 0 spiro atoms. The second-order valence-corrected chi connectivity index (χ2v) is 8.10. The Morgan fingerprint density at radius 2 is 2.03 bits per heavy atom. The van der Waals surface area contributed by atoms with Crippen LogP contribution in [-0.4, -0.2) is 52.1 Å². The fourth-order valence-electron chi connectivity index (χ4n) is 3.41. The first-order chi connectivity index (χ1) is 18.4. The Balaban J connectivity index is 1.69. The van der Waals surface area contributed by atoms with E-state index in [9.17, 15) is 14.4 Å². The van der Waals surface area contributed by atoms with E-state index in [4.69, 9.17) is 13.4 Å². The quantitative estimate of drug-likeness (QED) is 0.343. The van der Waals surface area contributed by atoms with Crippen molar-refractivity contribution in [3.05, 3.63) is 35.8 Å². The summed E-state index contributed by atoms with van der Waals surface area (Å²) in [6.45, 7) is 0.308. The predicted octanol–water partition coefficient (Wildman–Crippen LogP) is 2.18. The van der Waals surface area contributed by atoms with Crippen LogP contribution < -0.4 is 26.0 Å². The molecule has 4 rings (SSSR count). The number of nitrogens with one attached hydrogen (secondary N) is 4. The average Bonchev–Trinajstić information content (AvgIpc) is 3.59. The highest BCUT2D eigenvalue weighted by atomic mass is 16.5. The Hall–Kier alpha value is -4.55. The molecule has 2 heterocycles. The summed E-state index contributed by atoms with van der Waals surface area (Å²) >= 11 is 0.